The Balaban J connectivity index is 2.73. The summed E-state index contributed by atoms with van der Waals surface area (Å²) in [5.41, 5.74) is 0. The van der Waals surface area contributed by atoms with E-state index in [1.54, 1.807) is 0 Å². The molecule has 0 bridgehead atoms. The number of rotatable bonds is 1. The van der Waals surface area contributed by atoms with Crippen molar-refractivity contribution in [3.05, 3.63) is 11.2 Å². The fourth-order valence-electron chi connectivity index (χ4n) is 0.532. The van der Waals surface area contributed by atoms with Gasteiger partial charge in [-0.3, -0.25) is 14.2 Å². The SMILES string of the molecule is O=CC1N=CC(Cl)=CN1Cl. The number of carbonyl (C=O) groups is 1. The summed E-state index contributed by atoms with van der Waals surface area (Å²) in [6.07, 6.45) is 2.81. The lowest BCUT2D eigenvalue weighted by molar-refractivity contribution is -0.110. The van der Waals surface area contributed by atoms with Gasteiger partial charge in [0.05, 0.1) is 5.03 Å². The molecule has 0 saturated carbocycles. The molecule has 0 aromatic rings. The van der Waals surface area contributed by atoms with Gasteiger partial charge in [-0.25, -0.2) is 0 Å². The van der Waals surface area contributed by atoms with Crippen LogP contribution in [0, 0.1) is 0 Å². The van der Waals surface area contributed by atoms with E-state index in [0.29, 0.717) is 11.3 Å². The van der Waals surface area contributed by atoms with Crippen LogP contribution in [0.1, 0.15) is 0 Å². The zero-order valence-electron chi connectivity index (χ0n) is 4.87. The molecule has 5 heteroatoms. The van der Waals surface area contributed by atoms with Gasteiger partial charge in [-0.05, 0) is 0 Å². The van der Waals surface area contributed by atoms with Crippen LogP contribution < -0.4 is 0 Å². The third-order valence-corrected chi connectivity index (χ3v) is 1.46. The van der Waals surface area contributed by atoms with Crippen LogP contribution >= 0.6 is 23.4 Å². The van der Waals surface area contributed by atoms with Gasteiger partial charge in [0, 0.05) is 24.2 Å². The highest BCUT2D eigenvalue weighted by Gasteiger charge is 2.13. The van der Waals surface area contributed by atoms with Crippen molar-refractivity contribution in [3.8, 4) is 0 Å². The quantitative estimate of drug-likeness (QED) is 0.446. The topological polar surface area (TPSA) is 32.7 Å². The van der Waals surface area contributed by atoms with E-state index >= 15 is 0 Å². The highest BCUT2D eigenvalue weighted by atomic mass is 35.5. The van der Waals surface area contributed by atoms with Crippen molar-refractivity contribution in [2.24, 2.45) is 4.99 Å². The molecule has 0 spiro atoms. The highest BCUT2D eigenvalue weighted by molar-refractivity contribution is 6.39. The van der Waals surface area contributed by atoms with E-state index in [0.717, 1.165) is 4.42 Å². The second kappa shape index (κ2) is 3.03. The van der Waals surface area contributed by atoms with Gasteiger partial charge in [-0.15, -0.1) is 0 Å². The molecule has 1 unspecified atom stereocenters. The summed E-state index contributed by atoms with van der Waals surface area (Å²) >= 11 is 11.0. The van der Waals surface area contributed by atoms with E-state index in [9.17, 15) is 4.79 Å². The largest absolute Gasteiger partial charge is 0.299 e. The Kier molecular flexibility index (Phi) is 2.29. The predicted molar refractivity (Wildman–Crippen MR) is 40.0 cm³/mol. The standard InChI is InChI=1S/C5H4Cl2N2O/c6-4-1-8-5(3-10)9(7)2-4/h1-3,5H. The van der Waals surface area contributed by atoms with Crippen LogP contribution in [0.3, 0.4) is 0 Å². The minimum atomic E-state index is -0.635. The van der Waals surface area contributed by atoms with Crippen molar-refractivity contribution in [1.82, 2.24) is 4.42 Å². The lowest BCUT2D eigenvalue weighted by Crippen LogP contribution is -2.24. The molecule has 3 nitrogen and oxygen atoms in total. The molecule has 1 heterocycles. The zero-order valence-corrected chi connectivity index (χ0v) is 6.38. The molecular formula is C5H4Cl2N2O. The van der Waals surface area contributed by atoms with Gasteiger partial charge in [0.2, 0.25) is 0 Å². The maximum absolute atomic E-state index is 10.2. The van der Waals surface area contributed by atoms with E-state index in [4.69, 9.17) is 23.4 Å². The van der Waals surface area contributed by atoms with Crippen LogP contribution in [0.5, 0.6) is 0 Å². The van der Waals surface area contributed by atoms with Crippen LogP contribution in [0.2, 0.25) is 0 Å². The van der Waals surface area contributed by atoms with Crippen molar-refractivity contribution in [2.75, 3.05) is 0 Å². The van der Waals surface area contributed by atoms with E-state index < -0.39 is 6.17 Å². The summed E-state index contributed by atoms with van der Waals surface area (Å²) in [4.78, 5) is 13.9. The first-order valence-corrected chi connectivity index (χ1v) is 3.25. The first-order valence-electron chi connectivity index (χ1n) is 2.54. The van der Waals surface area contributed by atoms with Crippen LogP contribution in [0.15, 0.2) is 16.2 Å². The number of allylic oxidation sites excluding steroid dienone is 1. The minimum absolute atomic E-state index is 0.410. The number of aliphatic imine (C=N–C) groups is 1. The summed E-state index contributed by atoms with van der Waals surface area (Å²) in [5, 5.41) is 0.410. The van der Waals surface area contributed by atoms with Crippen molar-refractivity contribution in [1.29, 1.82) is 0 Å². The lowest BCUT2D eigenvalue weighted by atomic mass is 10.5. The van der Waals surface area contributed by atoms with Gasteiger partial charge in [0.1, 0.15) is 0 Å². The Bertz CT molecular complexity index is 202. The Morgan fingerprint density at radius 2 is 2.50 bits per heavy atom. The molecule has 0 N–H and O–H groups in total. The average Bonchev–Trinajstić information content (AvgIpc) is 1.88. The van der Waals surface area contributed by atoms with E-state index in [1.807, 2.05) is 0 Å². The van der Waals surface area contributed by atoms with E-state index in [1.165, 1.54) is 12.4 Å². The van der Waals surface area contributed by atoms with Crippen molar-refractivity contribution in [3.63, 3.8) is 0 Å². The van der Waals surface area contributed by atoms with Gasteiger partial charge in [-0.1, -0.05) is 11.6 Å². The summed E-state index contributed by atoms with van der Waals surface area (Å²) in [7, 11) is 0. The van der Waals surface area contributed by atoms with Crippen LogP contribution in [0.25, 0.3) is 0 Å². The molecule has 1 aliphatic rings. The lowest BCUT2D eigenvalue weighted by Gasteiger charge is -2.17. The molecule has 10 heavy (non-hydrogen) atoms. The number of halogens is 2. The zero-order chi connectivity index (χ0) is 7.56. The van der Waals surface area contributed by atoms with Gasteiger partial charge >= 0.3 is 0 Å². The summed E-state index contributed by atoms with van der Waals surface area (Å²) in [6, 6.07) is 0. The Hall–Kier alpha value is -0.540. The number of hydrogen-bond acceptors (Lipinski definition) is 3. The van der Waals surface area contributed by atoms with Gasteiger partial charge in [0.25, 0.3) is 0 Å². The maximum Gasteiger partial charge on any atom is 0.190 e. The third kappa shape index (κ3) is 1.49. The molecule has 0 amide bonds. The smallest absolute Gasteiger partial charge is 0.190 e. The van der Waals surface area contributed by atoms with Crippen molar-refractivity contribution in [2.45, 2.75) is 6.17 Å². The molecule has 0 aromatic carbocycles. The van der Waals surface area contributed by atoms with Crippen LogP contribution in [-0.2, 0) is 4.79 Å². The number of carbonyl (C=O) groups excluding carboxylic acids is 1. The van der Waals surface area contributed by atoms with Crippen molar-refractivity contribution >= 4 is 35.9 Å². The van der Waals surface area contributed by atoms with Gasteiger partial charge in [-0.2, -0.15) is 0 Å². The Labute approximate surface area is 68.0 Å². The first kappa shape index (κ1) is 7.57. The monoisotopic (exact) mass is 178 g/mol. The third-order valence-electron chi connectivity index (χ3n) is 0.972. The van der Waals surface area contributed by atoms with E-state index in [-0.39, 0.29) is 0 Å². The molecule has 0 radical (unpaired) electrons. The maximum atomic E-state index is 10.2. The summed E-state index contributed by atoms with van der Waals surface area (Å²) < 4.78 is 1.12. The fraction of sp³-hybridized carbons (Fsp3) is 0.200. The molecular weight excluding hydrogens is 175 g/mol. The molecule has 1 rings (SSSR count). The first-order chi connectivity index (χ1) is 4.74. The second-order valence-electron chi connectivity index (χ2n) is 1.69. The van der Waals surface area contributed by atoms with Gasteiger partial charge < -0.3 is 0 Å². The number of hydrogen-bond donors (Lipinski definition) is 0. The molecule has 0 aromatic heterocycles. The highest BCUT2D eigenvalue weighted by Crippen LogP contribution is 2.13. The van der Waals surface area contributed by atoms with Crippen LogP contribution in [0.4, 0.5) is 0 Å². The normalized spacial score (nSPS) is 24.4. The molecule has 1 aliphatic heterocycles. The van der Waals surface area contributed by atoms with E-state index in [2.05, 4.69) is 4.99 Å². The number of nitrogens with zero attached hydrogens (tertiary/aromatic N) is 2. The van der Waals surface area contributed by atoms with Crippen LogP contribution in [-0.4, -0.2) is 23.1 Å². The molecule has 0 fully saturated rings. The molecule has 0 aliphatic carbocycles. The molecule has 1 atom stereocenters. The molecule has 0 saturated heterocycles. The van der Waals surface area contributed by atoms with Gasteiger partial charge in [0.15, 0.2) is 12.5 Å². The molecule has 54 valence electrons. The summed E-state index contributed by atoms with van der Waals surface area (Å²) in [6.45, 7) is 0. The predicted octanol–water partition coefficient (Wildman–Crippen LogP) is 1.13. The summed E-state index contributed by atoms with van der Waals surface area (Å²) in [5.74, 6) is 0. The second-order valence-corrected chi connectivity index (χ2v) is 2.51. The van der Waals surface area contributed by atoms with Crippen molar-refractivity contribution < 1.29 is 4.79 Å². The average molecular weight is 179 g/mol. The Morgan fingerprint density at radius 3 is 3.00 bits per heavy atom. The number of aldehydes is 1. The Morgan fingerprint density at radius 1 is 1.80 bits per heavy atom. The minimum Gasteiger partial charge on any atom is -0.299 e. The fourth-order valence-corrected chi connectivity index (χ4v) is 0.945.